The molecule has 0 rings (SSSR count). The molecule has 0 fully saturated rings. The van der Waals surface area contributed by atoms with E-state index in [-0.39, 0.29) is 5.91 Å². The first-order valence-corrected chi connectivity index (χ1v) is 5.38. The third-order valence-corrected chi connectivity index (χ3v) is 2.09. The lowest BCUT2D eigenvalue weighted by molar-refractivity contribution is -0.117. The highest BCUT2D eigenvalue weighted by molar-refractivity contribution is 5.83. The van der Waals surface area contributed by atoms with E-state index in [9.17, 15) is 4.79 Å². The van der Waals surface area contributed by atoms with Crippen molar-refractivity contribution in [2.45, 2.75) is 52.4 Å². The molecule has 0 aliphatic heterocycles. The lowest BCUT2D eigenvalue weighted by Gasteiger charge is -2.02. The molecule has 0 aliphatic rings. The molecule has 0 heterocycles. The molecule has 0 atom stereocenters. The van der Waals surface area contributed by atoms with Crippen LogP contribution in [0.5, 0.6) is 0 Å². The van der Waals surface area contributed by atoms with Crippen LogP contribution in [0, 0.1) is 6.42 Å². The minimum Gasteiger partial charge on any atom is -0.356 e. The maximum Gasteiger partial charge on any atom is 0.223 e. The van der Waals surface area contributed by atoms with E-state index in [1.165, 1.54) is 32.1 Å². The summed E-state index contributed by atoms with van der Waals surface area (Å²) in [5.74, 6) is 0.0496. The molecule has 0 aromatic heterocycles. The second-order valence-electron chi connectivity index (χ2n) is 3.35. The summed E-state index contributed by atoms with van der Waals surface area (Å²) in [6, 6.07) is 0. The van der Waals surface area contributed by atoms with Crippen molar-refractivity contribution in [3.8, 4) is 0 Å². The van der Waals surface area contributed by atoms with Gasteiger partial charge in [-0.05, 0) is 6.42 Å². The average Bonchev–Trinajstić information content (AvgIpc) is 2.16. The molecule has 0 unspecified atom stereocenters. The molecular formula is C11H22NO. The predicted octanol–water partition coefficient (Wildman–Crippen LogP) is 2.69. The lowest BCUT2D eigenvalue weighted by Crippen LogP contribution is -2.23. The molecule has 1 amide bonds. The Balaban J connectivity index is 2.95. The summed E-state index contributed by atoms with van der Waals surface area (Å²) in [7, 11) is 0. The van der Waals surface area contributed by atoms with Crippen LogP contribution in [0.3, 0.4) is 0 Å². The van der Waals surface area contributed by atoms with Gasteiger partial charge >= 0.3 is 0 Å². The summed E-state index contributed by atoms with van der Waals surface area (Å²) in [5.41, 5.74) is 0. The quantitative estimate of drug-likeness (QED) is 0.577. The van der Waals surface area contributed by atoms with Gasteiger partial charge in [0.05, 0.1) is 0 Å². The molecule has 0 aromatic rings. The maximum atomic E-state index is 10.8. The number of carbonyl (C=O) groups excluding carboxylic acids is 1. The predicted molar refractivity (Wildman–Crippen MR) is 56.4 cm³/mol. The first-order chi connectivity index (χ1) is 6.31. The highest BCUT2D eigenvalue weighted by Gasteiger charge is 1.95. The number of nitrogens with one attached hydrogen (secondary N) is 1. The monoisotopic (exact) mass is 184 g/mol. The van der Waals surface area contributed by atoms with Gasteiger partial charge in [-0.15, -0.1) is 0 Å². The largest absolute Gasteiger partial charge is 0.356 e. The van der Waals surface area contributed by atoms with Crippen LogP contribution in [0.15, 0.2) is 0 Å². The molecule has 1 N–H and O–H groups in total. The van der Waals surface area contributed by atoms with Crippen molar-refractivity contribution in [2.24, 2.45) is 0 Å². The lowest BCUT2D eigenvalue weighted by atomic mass is 10.1. The number of rotatable bonds is 8. The Hall–Kier alpha value is -0.530. The Morgan fingerprint density at radius 2 is 1.77 bits per heavy atom. The zero-order valence-electron chi connectivity index (χ0n) is 8.94. The van der Waals surface area contributed by atoms with E-state index in [0.717, 1.165) is 13.0 Å². The molecular weight excluding hydrogens is 162 g/mol. The van der Waals surface area contributed by atoms with Gasteiger partial charge in [0, 0.05) is 13.0 Å². The number of hydrogen-bond acceptors (Lipinski definition) is 1. The molecule has 0 bridgehead atoms. The van der Waals surface area contributed by atoms with E-state index in [4.69, 9.17) is 0 Å². The zero-order chi connectivity index (χ0) is 9.94. The molecule has 13 heavy (non-hydrogen) atoms. The Bertz CT molecular complexity index is 123. The summed E-state index contributed by atoms with van der Waals surface area (Å²) in [4.78, 5) is 10.8. The van der Waals surface area contributed by atoms with Crippen molar-refractivity contribution < 1.29 is 4.79 Å². The summed E-state index contributed by atoms with van der Waals surface area (Å²) < 4.78 is 0. The van der Waals surface area contributed by atoms with Gasteiger partial charge in [-0.2, -0.15) is 0 Å². The van der Waals surface area contributed by atoms with Crippen LogP contribution in [0.2, 0.25) is 0 Å². The first kappa shape index (κ1) is 12.5. The van der Waals surface area contributed by atoms with Gasteiger partial charge in [-0.1, -0.05) is 46.0 Å². The summed E-state index contributed by atoms with van der Waals surface area (Å²) in [5, 5.41) is 2.83. The number of amides is 1. The minimum absolute atomic E-state index is 0.0496. The third kappa shape index (κ3) is 9.38. The van der Waals surface area contributed by atoms with Gasteiger partial charge in [0.15, 0.2) is 0 Å². The SMILES string of the molecule is C[CH]C(=O)NCCCCCCCC. The van der Waals surface area contributed by atoms with Crippen LogP contribution >= 0.6 is 0 Å². The molecule has 0 saturated carbocycles. The van der Waals surface area contributed by atoms with Crippen LogP contribution < -0.4 is 5.32 Å². The van der Waals surface area contributed by atoms with E-state index in [0.29, 0.717) is 0 Å². The van der Waals surface area contributed by atoms with Crippen molar-refractivity contribution in [3.63, 3.8) is 0 Å². The normalized spacial score (nSPS) is 10.0. The maximum absolute atomic E-state index is 10.8. The van der Waals surface area contributed by atoms with Crippen LogP contribution in [0.25, 0.3) is 0 Å². The Morgan fingerprint density at radius 3 is 2.38 bits per heavy atom. The molecule has 0 aromatic carbocycles. The van der Waals surface area contributed by atoms with E-state index in [1.807, 2.05) is 0 Å². The summed E-state index contributed by atoms with van der Waals surface area (Å²) in [6.07, 6.45) is 9.20. The van der Waals surface area contributed by atoms with Gasteiger partial charge < -0.3 is 5.32 Å². The zero-order valence-corrected chi connectivity index (χ0v) is 8.94. The standard InChI is InChI=1S/C11H22NO/c1-3-5-6-7-8-9-10-12-11(13)4-2/h4H,3,5-10H2,1-2H3,(H,12,13). The third-order valence-electron chi connectivity index (χ3n) is 2.09. The molecule has 0 aliphatic carbocycles. The van der Waals surface area contributed by atoms with Crippen molar-refractivity contribution in [3.05, 3.63) is 6.42 Å². The second kappa shape index (κ2) is 9.56. The number of carbonyl (C=O) groups is 1. The molecule has 0 spiro atoms. The van der Waals surface area contributed by atoms with Gasteiger partial charge in [-0.25, -0.2) is 0 Å². The molecule has 77 valence electrons. The fourth-order valence-corrected chi connectivity index (χ4v) is 1.22. The topological polar surface area (TPSA) is 29.1 Å². The van der Waals surface area contributed by atoms with Crippen molar-refractivity contribution in [1.29, 1.82) is 0 Å². The van der Waals surface area contributed by atoms with Gasteiger partial charge in [0.2, 0.25) is 5.91 Å². The van der Waals surface area contributed by atoms with Crippen molar-refractivity contribution >= 4 is 5.91 Å². The van der Waals surface area contributed by atoms with E-state index >= 15 is 0 Å². The highest BCUT2D eigenvalue weighted by Crippen LogP contribution is 2.03. The average molecular weight is 184 g/mol. The van der Waals surface area contributed by atoms with E-state index in [1.54, 1.807) is 13.3 Å². The summed E-state index contributed by atoms with van der Waals surface area (Å²) in [6.45, 7) is 4.81. The fraction of sp³-hybridized carbons (Fsp3) is 0.818. The van der Waals surface area contributed by atoms with Crippen LogP contribution in [-0.2, 0) is 4.79 Å². The fourth-order valence-electron chi connectivity index (χ4n) is 1.22. The highest BCUT2D eigenvalue weighted by atomic mass is 16.1. The molecule has 0 saturated heterocycles. The Labute approximate surface area is 82.1 Å². The number of hydrogen-bond donors (Lipinski definition) is 1. The minimum atomic E-state index is 0.0496. The molecule has 1 radical (unpaired) electrons. The smallest absolute Gasteiger partial charge is 0.223 e. The van der Waals surface area contributed by atoms with Gasteiger partial charge in [-0.3, -0.25) is 4.79 Å². The molecule has 2 nitrogen and oxygen atoms in total. The van der Waals surface area contributed by atoms with Gasteiger partial charge in [0.25, 0.3) is 0 Å². The van der Waals surface area contributed by atoms with Crippen molar-refractivity contribution in [2.75, 3.05) is 6.54 Å². The first-order valence-electron chi connectivity index (χ1n) is 5.38. The Kier molecular flexibility index (Phi) is 9.17. The summed E-state index contributed by atoms with van der Waals surface area (Å²) >= 11 is 0. The van der Waals surface area contributed by atoms with E-state index in [2.05, 4.69) is 12.2 Å². The van der Waals surface area contributed by atoms with Crippen LogP contribution in [0.1, 0.15) is 52.4 Å². The van der Waals surface area contributed by atoms with Gasteiger partial charge in [0.1, 0.15) is 0 Å². The van der Waals surface area contributed by atoms with Crippen molar-refractivity contribution in [1.82, 2.24) is 5.32 Å². The molecule has 2 heteroatoms. The van der Waals surface area contributed by atoms with E-state index < -0.39 is 0 Å². The second-order valence-corrected chi connectivity index (χ2v) is 3.35. The Morgan fingerprint density at radius 1 is 1.15 bits per heavy atom. The van der Waals surface area contributed by atoms with Crippen LogP contribution in [-0.4, -0.2) is 12.5 Å². The van der Waals surface area contributed by atoms with Crippen LogP contribution in [0.4, 0.5) is 0 Å². The number of unbranched alkanes of at least 4 members (excludes halogenated alkanes) is 5.